The standard InChI is InChI=1S/C15H15N3O3/c1-3-18-8-9-5-6-11-12(13(9)17-18)14(19)10(7-16-11)15(20)21-4-2/h5-8,17H,3-4H2,1-2H3. The largest absolute Gasteiger partial charge is 0.462 e. The molecule has 0 fully saturated rings. The highest BCUT2D eigenvalue weighted by Gasteiger charge is 2.17. The topological polar surface area (TPSA) is 77.0 Å². The van der Waals surface area contributed by atoms with E-state index in [1.54, 1.807) is 13.0 Å². The van der Waals surface area contributed by atoms with Crippen molar-refractivity contribution in [1.82, 2.24) is 14.8 Å². The zero-order valence-electron chi connectivity index (χ0n) is 11.8. The lowest BCUT2D eigenvalue weighted by atomic mass is 10.1. The van der Waals surface area contributed by atoms with Crippen molar-refractivity contribution in [2.45, 2.75) is 20.4 Å². The van der Waals surface area contributed by atoms with Gasteiger partial charge in [0, 0.05) is 24.3 Å². The van der Waals surface area contributed by atoms with E-state index in [2.05, 4.69) is 10.1 Å². The lowest BCUT2D eigenvalue weighted by Gasteiger charge is -2.03. The average Bonchev–Trinajstić information content (AvgIpc) is 2.90. The van der Waals surface area contributed by atoms with Crippen molar-refractivity contribution in [3.8, 4) is 0 Å². The molecule has 0 saturated heterocycles. The number of rotatable bonds is 3. The maximum Gasteiger partial charge on any atom is 0.343 e. The molecule has 2 heterocycles. The number of nitrogens with one attached hydrogen (secondary N) is 1. The molecule has 0 radical (unpaired) electrons. The van der Waals surface area contributed by atoms with Gasteiger partial charge in [-0.2, -0.15) is 0 Å². The predicted molar refractivity (Wildman–Crippen MR) is 79.5 cm³/mol. The summed E-state index contributed by atoms with van der Waals surface area (Å²) < 4.78 is 6.78. The van der Waals surface area contributed by atoms with Gasteiger partial charge >= 0.3 is 5.97 Å². The molecule has 21 heavy (non-hydrogen) atoms. The van der Waals surface area contributed by atoms with Crippen LogP contribution in [0.2, 0.25) is 0 Å². The molecule has 0 amide bonds. The van der Waals surface area contributed by atoms with Gasteiger partial charge in [0.15, 0.2) is 0 Å². The van der Waals surface area contributed by atoms with Crippen molar-refractivity contribution < 1.29 is 9.53 Å². The summed E-state index contributed by atoms with van der Waals surface area (Å²) in [6.07, 6.45) is 3.20. The summed E-state index contributed by atoms with van der Waals surface area (Å²) in [7, 11) is 0. The van der Waals surface area contributed by atoms with E-state index in [0.29, 0.717) is 16.4 Å². The number of pyridine rings is 1. The van der Waals surface area contributed by atoms with Gasteiger partial charge in [-0.1, -0.05) is 0 Å². The molecule has 108 valence electrons. The van der Waals surface area contributed by atoms with Gasteiger partial charge < -0.3 is 4.74 Å². The second-order valence-electron chi connectivity index (χ2n) is 4.67. The molecule has 2 aromatic heterocycles. The van der Waals surface area contributed by atoms with E-state index in [9.17, 15) is 9.59 Å². The van der Waals surface area contributed by atoms with Crippen LogP contribution in [0.15, 0.2) is 29.3 Å². The normalized spacial score (nSPS) is 11.1. The smallest absolute Gasteiger partial charge is 0.343 e. The van der Waals surface area contributed by atoms with Crippen LogP contribution in [0.1, 0.15) is 24.2 Å². The lowest BCUT2D eigenvalue weighted by molar-refractivity contribution is 0.0524. The molecular formula is C15H15N3O3. The fourth-order valence-corrected chi connectivity index (χ4v) is 2.37. The van der Waals surface area contributed by atoms with Crippen molar-refractivity contribution in [3.63, 3.8) is 0 Å². The van der Waals surface area contributed by atoms with Crippen LogP contribution in [0.25, 0.3) is 21.8 Å². The first-order valence-corrected chi connectivity index (χ1v) is 6.83. The lowest BCUT2D eigenvalue weighted by Crippen LogP contribution is -2.18. The highest BCUT2D eigenvalue weighted by atomic mass is 16.5. The molecule has 1 N–H and O–H groups in total. The number of nitrogens with zero attached hydrogens (tertiary/aromatic N) is 2. The summed E-state index contributed by atoms with van der Waals surface area (Å²) in [5, 5.41) is 4.48. The van der Waals surface area contributed by atoms with Crippen molar-refractivity contribution in [1.29, 1.82) is 0 Å². The first-order valence-electron chi connectivity index (χ1n) is 6.83. The molecule has 0 spiro atoms. The molecule has 3 rings (SSSR count). The summed E-state index contributed by atoms with van der Waals surface area (Å²) >= 11 is 0. The molecular weight excluding hydrogens is 270 g/mol. The number of hydrogen-bond acceptors (Lipinski definition) is 4. The number of benzene rings is 1. The summed E-state index contributed by atoms with van der Waals surface area (Å²) in [4.78, 5) is 28.6. The van der Waals surface area contributed by atoms with Gasteiger partial charge in [0.25, 0.3) is 0 Å². The molecule has 3 aromatic rings. The Kier molecular flexibility index (Phi) is 3.21. The van der Waals surface area contributed by atoms with E-state index >= 15 is 0 Å². The monoisotopic (exact) mass is 285 g/mol. The Bertz CT molecular complexity index is 892. The Morgan fingerprint density at radius 2 is 2.19 bits per heavy atom. The minimum atomic E-state index is -0.635. The SMILES string of the molecule is CCOC(=O)c1cnc2ccc3cn(CC)[nH]c3c2c1=O. The van der Waals surface area contributed by atoms with E-state index < -0.39 is 5.97 Å². The molecule has 0 saturated carbocycles. The summed E-state index contributed by atoms with van der Waals surface area (Å²) in [6, 6.07) is 3.68. The van der Waals surface area contributed by atoms with Crippen LogP contribution in [-0.4, -0.2) is 27.3 Å². The van der Waals surface area contributed by atoms with Gasteiger partial charge in [-0.05, 0) is 26.0 Å². The minimum Gasteiger partial charge on any atom is -0.462 e. The summed E-state index contributed by atoms with van der Waals surface area (Å²) in [5.41, 5.74) is 0.868. The van der Waals surface area contributed by atoms with Crippen LogP contribution in [-0.2, 0) is 11.3 Å². The fourth-order valence-electron chi connectivity index (χ4n) is 2.37. The molecule has 6 heteroatoms. The van der Waals surface area contributed by atoms with E-state index in [0.717, 1.165) is 11.9 Å². The third-order valence-corrected chi connectivity index (χ3v) is 3.41. The predicted octanol–water partition coefficient (Wildman–Crippen LogP) is 2.07. The van der Waals surface area contributed by atoms with Crippen LogP contribution < -0.4 is 5.43 Å². The number of aromatic nitrogens is 3. The van der Waals surface area contributed by atoms with Crippen molar-refractivity contribution in [3.05, 3.63) is 40.3 Å². The van der Waals surface area contributed by atoms with E-state index in [1.807, 2.05) is 23.9 Å². The second kappa shape index (κ2) is 5.05. The number of carbonyl (C=O) groups excluding carboxylic acids is 1. The van der Waals surface area contributed by atoms with E-state index in [4.69, 9.17) is 4.74 Å². The molecule has 0 bridgehead atoms. The maximum absolute atomic E-state index is 12.6. The molecule has 1 aromatic carbocycles. The Balaban J connectivity index is 2.34. The number of aryl methyl sites for hydroxylation is 1. The van der Waals surface area contributed by atoms with Crippen LogP contribution in [0.3, 0.4) is 0 Å². The number of H-pyrrole nitrogens is 1. The molecule has 0 aliphatic heterocycles. The van der Waals surface area contributed by atoms with Gasteiger partial charge in [-0.15, -0.1) is 0 Å². The number of aromatic amines is 1. The Morgan fingerprint density at radius 1 is 1.38 bits per heavy atom. The van der Waals surface area contributed by atoms with Gasteiger partial charge in [0.05, 0.1) is 23.0 Å². The van der Waals surface area contributed by atoms with Crippen LogP contribution in [0.5, 0.6) is 0 Å². The Hall–Kier alpha value is -2.63. The van der Waals surface area contributed by atoms with Gasteiger partial charge in [-0.3, -0.25) is 19.6 Å². The third-order valence-electron chi connectivity index (χ3n) is 3.41. The number of carbonyl (C=O) groups is 1. The average molecular weight is 285 g/mol. The van der Waals surface area contributed by atoms with Gasteiger partial charge in [0.1, 0.15) is 5.56 Å². The molecule has 6 nitrogen and oxygen atoms in total. The minimum absolute atomic E-state index is 0.0329. The Labute approximate surface area is 120 Å². The fraction of sp³-hybridized carbons (Fsp3) is 0.267. The zero-order chi connectivity index (χ0) is 15.0. The third kappa shape index (κ3) is 2.08. The first kappa shape index (κ1) is 13.4. The van der Waals surface area contributed by atoms with Crippen molar-refractivity contribution in [2.24, 2.45) is 0 Å². The highest BCUT2D eigenvalue weighted by Crippen LogP contribution is 2.20. The zero-order valence-corrected chi connectivity index (χ0v) is 11.8. The number of hydrogen-bond donors (Lipinski definition) is 1. The summed E-state index contributed by atoms with van der Waals surface area (Å²) in [5.74, 6) is -0.635. The Morgan fingerprint density at radius 3 is 2.90 bits per heavy atom. The molecule has 0 atom stereocenters. The maximum atomic E-state index is 12.6. The molecule has 0 aliphatic rings. The van der Waals surface area contributed by atoms with E-state index in [1.165, 1.54) is 6.20 Å². The first-order chi connectivity index (χ1) is 10.2. The summed E-state index contributed by atoms with van der Waals surface area (Å²) in [6.45, 7) is 4.68. The quantitative estimate of drug-likeness (QED) is 0.747. The van der Waals surface area contributed by atoms with E-state index in [-0.39, 0.29) is 17.6 Å². The van der Waals surface area contributed by atoms with Gasteiger partial charge in [-0.25, -0.2) is 4.79 Å². The number of fused-ring (bicyclic) bond motifs is 3. The highest BCUT2D eigenvalue weighted by molar-refractivity contribution is 6.05. The number of ether oxygens (including phenoxy) is 1. The van der Waals surface area contributed by atoms with Crippen LogP contribution >= 0.6 is 0 Å². The molecule has 0 aliphatic carbocycles. The van der Waals surface area contributed by atoms with Gasteiger partial charge in [0.2, 0.25) is 5.43 Å². The molecule has 0 unspecified atom stereocenters. The van der Waals surface area contributed by atoms with Crippen LogP contribution in [0, 0.1) is 0 Å². The van der Waals surface area contributed by atoms with Crippen molar-refractivity contribution in [2.75, 3.05) is 6.61 Å². The number of esters is 1. The van der Waals surface area contributed by atoms with Crippen molar-refractivity contribution >= 4 is 27.8 Å². The van der Waals surface area contributed by atoms with Crippen LogP contribution in [0.4, 0.5) is 0 Å². The second-order valence-corrected chi connectivity index (χ2v) is 4.67.